The van der Waals surface area contributed by atoms with Gasteiger partial charge in [0.25, 0.3) is 6.47 Å². The number of Topliss-reactive ketones (excluding diaryl/α,β-unsaturated/α-hetero) is 1. The number of hydrogen-bond donors (Lipinski definition) is 0. The molecule has 0 spiro atoms. The molecule has 0 radical (unpaired) electrons. The van der Waals surface area contributed by atoms with E-state index in [-0.39, 0.29) is 17.9 Å². The van der Waals surface area contributed by atoms with Gasteiger partial charge in [0, 0.05) is 30.5 Å². The molecular formula is C22H25NO3. The van der Waals surface area contributed by atoms with Crippen molar-refractivity contribution >= 4 is 12.3 Å². The summed E-state index contributed by atoms with van der Waals surface area (Å²) >= 11 is 0. The summed E-state index contributed by atoms with van der Waals surface area (Å²) in [4.78, 5) is 25.8. The summed E-state index contributed by atoms with van der Waals surface area (Å²) in [7, 11) is 0. The van der Waals surface area contributed by atoms with E-state index in [1.54, 1.807) is 0 Å². The first-order valence-electron chi connectivity index (χ1n) is 9.20. The van der Waals surface area contributed by atoms with Gasteiger partial charge in [-0.25, -0.2) is 0 Å². The van der Waals surface area contributed by atoms with Crippen LogP contribution in [0.3, 0.4) is 0 Å². The molecule has 1 heterocycles. The molecule has 1 fully saturated rings. The molecule has 4 nitrogen and oxygen atoms in total. The van der Waals surface area contributed by atoms with Crippen LogP contribution in [0, 0.1) is 0 Å². The molecular weight excluding hydrogens is 326 g/mol. The molecule has 3 atom stereocenters. The summed E-state index contributed by atoms with van der Waals surface area (Å²) < 4.78 is 5.54. The number of hydrogen-bond acceptors (Lipinski definition) is 4. The second-order valence-electron chi connectivity index (χ2n) is 6.80. The third-order valence-electron chi connectivity index (χ3n) is 5.10. The van der Waals surface area contributed by atoms with E-state index in [1.165, 1.54) is 5.56 Å². The van der Waals surface area contributed by atoms with Crippen LogP contribution in [0.15, 0.2) is 60.7 Å². The van der Waals surface area contributed by atoms with Gasteiger partial charge in [0.05, 0.1) is 0 Å². The van der Waals surface area contributed by atoms with Crippen LogP contribution in [0.1, 0.15) is 43.5 Å². The monoisotopic (exact) mass is 351 g/mol. The maximum Gasteiger partial charge on any atom is 0.294 e. The van der Waals surface area contributed by atoms with Crippen LogP contribution >= 0.6 is 0 Å². The van der Waals surface area contributed by atoms with Gasteiger partial charge in [-0.2, -0.15) is 0 Å². The van der Waals surface area contributed by atoms with Crippen molar-refractivity contribution in [3.8, 4) is 0 Å². The van der Waals surface area contributed by atoms with Gasteiger partial charge >= 0.3 is 0 Å². The number of benzene rings is 2. The second kappa shape index (κ2) is 8.77. The lowest BCUT2D eigenvalue weighted by atomic mass is 9.88. The molecule has 2 aromatic carbocycles. The highest BCUT2D eigenvalue weighted by Gasteiger charge is 2.39. The minimum Gasteiger partial charge on any atom is -0.444 e. The van der Waals surface area contributed by atoms with Crippen molar-refractivity contribution < 1.29 is 14.3 Å². The maximum atomic E-state index is 12.4. The van der Waals surface area contributed by atoms with Gasteiger partial charge in [-0.05, 0) is 18.4 Å². The van der Waals surface area contributed by atoms with E-state index in [4.69, 9.17) is 4.74 Å². The van der Waals surface area contributed by atoms with Crippen LogP contribution in [0.5, 0.6) is 0 Å². The summed E-state index contributed by atoms with van der Waals surface area (Å²) in [6, 6.07) is 20.0. The molecule has 136 valence electrons. The second-order valence-corrected chi connectivity index (χ2v) is 6.80. The third kappa shape index (κ3) is 4.20. The minimum atomic E-state index is -0.472. The Morgan fingerprint density at radius 2 is 1.65 bits per heavy atom. The Hall–Kier alpha value is -2.46. The van der Waals surface area contributed by atoms with Crippen molar-refractivity contribution in [1.82, 2.24) is 4.90 Å². The van der Waals surface area contributed by atoms with Gasteiger partial charge in [0.2, 0.25) is 0 Å². The molecule has 3 unspecified atom stereocenters. The van der Waals surface area contributed by atoms with Crippen LogP contribution < -0.4 is 0 Å². The fraction of sp³-hybridized carbons (Fsp3) is 0.364. The smallest absolute Gasteiger partial charge is 0.294 e. The van der Waals surface area contributed by atoms with Gasteiger partial charge in [0.1, 0.15) is 5.78 Å². The van der Waals surface area contributed by atoms with Crippen LogP contribution in [-0.2, 0) is 20.7 Å². The lowest BCUT2D eigenvalue weighted by Gasteiger charge is -2.45. The molecule has 4 heteroatoms. The lowest BCUT2D eigenvalue weighted by molar-refractivity contribution is -0.157. The van der Waals surface area contributed by atoms with Crippen molar-refractivity contribution in [2.75, 3.05) is 0 Å². The number of piperidine rings is 1. The van der Waals surface area contributed by atoms with Crippen molar-refractivity contribution in [3.63, 3.8) is 0 Å². The van der Waals surface area contributed by atoms with Crippen LogP contribution in [0.25, 0.3) is 0 Å². The highest BCUT2D eigenvalue weighted by atomic mass is 16.5. The summed E-state index contributed by atoms with van der Waals surface area (Å²) in [5.41, 5.74) is 2.12. The number of nitrogens with zero attached hydrogens (tertiary/aromatic N) is 1. The van der Waals surface area contributed by atoms with E-state index in [1.807, 2.05) is 48.5 Å². The molecule has 26 heavy (non-hydrogen) atoms. The molecule has 3 rings (SSSR count). The van der Waals surface area contributed by atoms with E-state index < -0.39 is 6.23 Å². The zero-order valence-corrected chi connectivity index (χ0v) is 15.1. The molecule has 0 bridgehead atoms. The quantitative estimate of drug-likeness (QED) is 0.710. The Labute approximate surface area is 154 Å². The molecule has 2 aromatic rings. The van der Waals surface area contributed by atoms with Crippen molar-refractivity contribution in [1.29, 1.82) is 0 Å². The van der Waals surface area contributed by atoms with E-state index in [0.717, 1.165) is 18.4 Å². The Morgan fingerprint density at radius 3 is 2.27 bits per heavy atom. The first-order chi connectivity index (χ1) is 12.7. The normalized spacial score (nSPS) is 22.0. The van der Waals surface area contributed by atoms with E-state index in [9.17, 15) is 9.59 Å². The summed E-state index contributed by atoms with van der Waals surface area (Å²) in [5, 5.41) is 0. The average molecular weight is 351 g/mol. The van der Waals surface area contributed by atoms with Gasteiger partial charge in [-0.3, -0.25) is 14.5 Å². The van der Waals surface area contributed by atoms with Gasteiger partial charge < -0.3 is 4.74 Å². The zero-order chi connectivity index (χ0) is 18.4. The molecule has 0 aliphatic carbocycles. The summed E-state index contributed by atoms with van der Waals surface area (Å²) in [6.07, 6.45) is 2.11. The van der Waals surface area contributed by atoms with Crippen molar-refractivity contribution in [2.24, 2.45) is 0 Å². The first kappa shape index (κ1) is 18.3. The highest BCUT2D eigenvalue weighted by molar-refractivity contribution is 5.80. The van der Waals surface area contributed by atoms with Crippen LogP contribution in [-0.4, -0.2) is 29.2 Å². The fourth-order valence-electron chi connectivity index (χ4n) is 3.91. The Morgan fingerprint density at radius 1 is 1.04 bits per heavy atom. The number of ether oxygens (including phenoxy) is 1. The lowest BCUT2D eigenvalue weighted by Crippen LogP contribution is -2.52. The summed E-state index contributed by atoms with van der Waals surface area (Å²) in [6.45, 7) is 2.60. The molecule has 1 saturated heterocycles. The topological polar surface area (TPSA) is 46.6 Å². The average Bonchev–Trinajstić information content (AvgIpc) is 2.68. The van der Waals surface area contributed by atoms with E-state index in [2.05, 4.69) is 24.0 Å². The number of ketones is 1. The molecule has 0 N–H and O–H groups in total. The molecule has 1 aliphatic heterocycles. The van der Waals surface area contributed by atoms with Crippen LogP contribution in [0.4, 0.5) is 0 Å². The van der Waals surface area contributed by atoms with Gasteiger partial charge in [0.15, 0.2) is 6.23 Å². The number of carbonyl (C=O) groups excluding carboxylic acids is 2. The Bertz CT molecular complexity index is 717. The van der Waals surface area contributed by atoms with Crippen molar-refractivity contribution in [2.45, 2.75) is 50.9 Å². The predicted octanol–water partition coefficient (Wildman–Crippen LogP) is 3.91. The third-order valence-corrected chi connectivity index (χ3v) is 5.10. The predicted molar refractivity (Wildman–Crippen MR) is 100 cm³/mol. The standard InChI is InChI=1S/C22H25NO3/c1-2-19-14-21(25)15-20(13-17-9-5-3-6-10-17)23(19)22(26-16-24)18-11-7-4-8-12-18/h3-12,16,19-20,22H,2,13-15H2,1H3. The fourth-order valence-corrected chi connectivity index (χ4v) is 3.91. The highest BCUT2D eigenvalue weighted by Crippen LogP contribution is 2.34. The maximum absolute atomic E-state index is 12.4. The Balaban J connectivity index is 1.95. The number of carbonyl (C=O) groups is 2. The first-order valence-corrected chi connectivity index (χ1v) is 9.20. The SMILES string of the molecule is CCC1CC(=O)CC(Cc2ccccc2)N1C(OC=O)c1ccccc1. The number of likely N-dealkylation sites (tertiary alicyclic amines) is 1. The van der Waals surface area contributed by atoms with Crippen LogP contribution in [0.2, 0.25) is 0 Å². The summed E-state index contributed by atoms with van der Waals surface area (Å²) in [5.74, 6) is 0.284. The van der Waals surface area contributed by atoms with Crippen molar-refractivity contribution in [3.05, 3.63) is 71.8 Å². The molecule has 0 amide bonds. The molecule has 0 saturated carbocycles. The Kier molecular flexibility index (Phi) is 6.18. The van der Waals surface area contributed by atoms with Gasteiger partial charge in [-0.1, -0.05) is 67.6 Å². The number of rotatable bonds is 7. The molecule has 0 aromatic heterocycles. The van der Waals surface area contributed by atoms with E-state index in [0.29, 0.717) is 19.3 Å². The minimum absolute atomic E-state index is 0.00811. The van der Waals surface area contributed by atoms with Gasteiger partial charge in [-0.15, -0.1) is 0 Å². The largest absolute Gasteiger partial charge is 0.444 e. The zero-order valence-electron chi connectivity index (χ0n) is 15.1. The molecule has 1 aliphatic rings. The van der Waals surface area contributed by atoms with E-state index >= 15 is 0 Å².